The van der Waals surface area contributed by atoms with Crippen LogP contribution in [0, 0.1) is 6.61 Å². The normalized spacial score (nSPS) is 9.73. The van der Waals surface area contributed by atoms with Gasteiger partial charge < -0.3 is 4.74 Å². The van der Waals surface area contributed by atoms with Crippen molar-refractivity contribution in [2.24, 2.45) is 0 Å². The third-order valence-electron chi connectivity index (χ3n) is 1.14. The lowest BCUT2D eigenvalue weighted by Gasteiger charge is -2.03. The highest BCUT2D eigenvalue weighted by Crippen LogP contribution is 2.27. The molecular weight excluding hydrogens is 183 g/mol. The van der Waals surface area contributed by atoms with Gasteiger partial charge in [-0.1, -0.05) is 23.2 Å². The van der Waals surface area contributed by atoms with Gasteiger partial charge in [0.05, 0.1) is 5.02 Å². The molecule has 0 saturated heterocycles. The Bertz CT molecular complexity index is 248. The van der Waals surface area contributed by atoms with Crippen LogP contribution < -0.4 is 4.74 Å². The summed E-state index contributed by atoms with van der Waals surface area (Å²) in [6, 6.07) is 5.08. The molecule has 0 aliphatic heterocycles. The van der Waals surface area contributed by atoms with Gasteiger partial charge in [-0.15, -0.1) is 0 Å². The molecule has 1 aromatic carbocycles. The number of halogens is 2. The molecule has 0 N–H and O–H groups in total. The van der Waals surface area contributed by atoms with Crippen LogP contribution in [0.3, 0.4) is 0 Å². The van der Waals surface area contributed by atoms with Crippen LogP contribution in [0.2, 0.25) is 10.0 Å². The van der Waals surface area contributed by atoms with Crippen molar-refractivity contribution >= 4 is 23.2 Å². The lowest BCUT2D eigenvalue weighted by Crippen LogP contribution is -1.85. The van der Waals surface area contributed by atoms with E-state index in [1.807, 2.05) is 0 Å². The van der Waals surface area contributed by atoms with E-state index in [-0.39, 0.29) is 0 Å². The van der Waals surface area contributed by atoms with Crippen LogP contribution in [-0.4, -0.2) is 0 Å². The second kappa shape index (κ2) is 3.84. The van der Waals surface area contributed by atoms with E-state index in [2.05, 4.69) is 0 Å². The van der Waals surface area contributed by atoms with E-state index in [1.165, 1.54) is 0 Å². The first-order chi connectivity index (χ1) is 5.24. The molecule has 1 nitrogen and oxygen atoms in total. The van der Waals surface area contributed by atoms with Gasteiger partial charge in [0.2, 0.25) is 0 Å². The first kappa shape index (κ1) is 8.69. The SMILES string of the molecule is C[CH]Oc1cc(Cl)ccc1Cl. The van der Waals surface area contributed by atoms with Crippen LogP contribution in [0.1, 0.15) is 6.92 Å². The lowest BCUT2D eigenvalue weighted by atomic mass is 10.3. The largest absolute Gasteiger partial charge is 0.485 e. The van der Waals surface area contributed by atoms with Crippen LogP contribution >= 0.6 is 23.2 Å². The van der Waals surface area contributed by atoms with E-state index in [4.69, 9.17) is 27.9 Å². The van der Waals surface area contributed by atoms with E-state index in [0.717, 1.165) is 0 Å². The summed E-state index contributed by atoms with van der Waals surface area (Å²) >= 11 is 11.5. The zero-order chi connectivity index (χ0) is 8.27. The first-order valence-electron chi connectivity index (χ1n) is 3.13. The molecule has 0 spiro atoms. The molecule has 1 rings (SSSR count). The summed E-state index contributed by atoms with van der Waals surface area (Å²) in [5.74, 6) is 0.585. The van der Waals surface area contributed by atoms with Crippen LogP contribution in [0.4, 0.5) is 0 Å². The number of hydrogen-bond donors (Lipinski definition) is 0. The minimum Gasteiger partial charge on any atom is -0.485 e. The summed E-state index contributed by atoms with van der Waals surface area (Å²) in [6.45, 7) is 3.33. The summed E-state index contributed by atoms with van der Waals surface area (Å²) in [6.07, 6.45) is 0. The van der Waals surface area contributed by atoms with Crippen LogP contribution in [0.5, 0.6) is 5.75 Å². The zero-order valence-electron chi connectivity index (χ0n) is 5.97. The van der Waals surface area contributed by atoms with Crippen molar-refractivity contribution in [2.45, 2.75) is 6.92 Å². The Morgan fingerprint density at radius 2 is 2.09 bits per heavy atom. The van der Waals surface area contributed by atoms with Gasteiger partial charge in [0.1, 0.15) is 12.4 Å². The monoisotopic (exact) mass is 189 g/mol. The van der Waals surface area contributed by atoms with Crippen molar-refractivity contribution in [2.75, 3.05) is 0 Å². The molecular formula is C8H7Cl2O. The average molecular weight is 190 g/mol. The maximum atomic E-state index is 5.77. The molecule has 3 heteroatoms. The van der Waals surface area contributed by atoms with Crippen molar-refractivity contribution < 1.29 is 4.74 Å². The second-order valence-corrected chi connectivity index (χ2v) is 2.77. The Balaban J connectivity index is 2.93. The number of hydrogen-bond acceptors (Lipinski definition) is 1. The molecule has 0 aliphatic rings. The van der Waals surface area contributed by atoms with Crippen molar-refractivity contribution in [3.05, 3.63) is 34.9 Å². The Morgan fingerprint density at radius 1 is 1.36 bits per heavy atom. The van der Waals surface area contributed by atoms with Gasteiger partial charge in [-0.3, -0.25) is 0 Å². The van der Waals surface area contributed by atoms with E-state index in [1.54, 1.807) is 31.7 Å². The molecule has 0 aromatic heterocycles. The van der Waals surface area contributed by atoms with E-state index in [9.17, 15) is 0 Å². The van der Waals surface area contributed by atoms with Crippen molar-refractivity contribution in [3.63, 3.8) is 0 Å². The van der Waals surface area contributed by atoms with Gasteiger partial charge in [-0.25, -0.2) is 0 Å². The summed E-state index contributed by atoms with van der Waals surface area (Å²) in [5.41, 5.74) is 0. The van der Waals surface area contributed by atoms with Crippen molar-refractivity contribution in [1.29, 1.82) is 0 Å². The molecule has 1 radical (unpaired) electrons. The number of benzene rings is 1. The van der Waals surface area contributed by atoms with Gasteiger partial charge in [0.25, 0.3) is 0 Å². The summed E-state index contributed by atoms with van der Waals surface area (Å²) in [4.78, 5) is 0. The van der Waals surface area contributed by atoms with Gasteiger partial charge in [0, 0.05) is 11.1 Å². The zero-order valence-corrected chi connectivity index (χ0v) is 7.49. The third-order valence-corrected chi connectivity index (χ3v) is 1.69. The molecule has 0 amide bonds. The molecule has 0 aliphatic carbocycles. The maximum Gasteiger partial charge on any atom is 0.139 e. The van der Waals surface area contributed by atoms with E-state index >= 15 is 0 Å². The number of rotatable bonds is 2. The molecule has 0 unspecified atom stereocenters. The predicted molar refractivity (Wildman–Crippen MR) is 47.1 cm³/mol. The minimum absolute atomic E-state index is 0.563. The van der Waals surface area contributed by atoms with Gasteiger partial charge in [0.15, 0.2) is 0 Å². The second-order valence-electron chi connectivity index (χ2n) is 1.93. The highest BCUT2D eigenvalue weighted by Gasteiger charge is 2.00. The topological polar surface area (TPSA) is 9.23 Å². The Morgan fingerprint density at radius 3 is 2.73 bits per heavy atom. The number of ether oxygens (including phenoxy) is 1. The maximum absolute atomic E-state index is 5.77. The smallest absolute Gasteiger partial charge is 0.139 e. The summed E-state index contributed by atoms with van der Waals surface area (Å²) < 4.78 is 5.08. The average Bonchev–Trinajstić information content (AvgIpc) is 1.98. The van der Waals surface area contributed by atoms with Gasteiger partial charge in [-0.05, 0) is 19.1 Å². The van der Waals surface area contributed by atoms with Gasteiger partial charge in [-0.2, -0.15) is 0 Å². The molecule has 1 aromatic rings. The van der Waals surface area contributed by atoms with Gasteiger partial charge >= 0.3 is 0 Å². The fourth-order valence-corrected chi connectivity index (χ4v) is 1.02. The molecule has 0 bridgehead atoms. The van der Waals surface area contributed by atoms with Crippen LogP contribution in [0.15, 0.2) is 18.2 Å². The molecule has 0 saturated carbocycles. The Labute approximate surface area is 75.9 Å². The molecule has 0 atom stereocenters. The molecule has 0 heterocycles. The molecule has 0 fully saturated rings. The van der Waals surface area contributed by atoms with Crippen molar-refractivity contribution in [1.82, 2.24) is 0 Å². The van der Waals surface area contributed by atoms with Crippen LogP contribution in [0.25, 0.3) is 0 Å². The first-order valence-corrected chi connectivity index (χ1v) is 3.89. The summed E-state index contributed by atoms with van der Waals surface area (Å²) in [7, 11) is 0. The molecule has 59 valence electrons. The van der Waals surface area contributed by atoms with Crippen LogP contribution in [-0.2, 0) is 0 Å². The standard InChI is InChI=1S/C8H7Cl2O/c1-2-11-8-5-6(9)3-4-7(8)10/h2-5H,1H3. The highest BCUT2D eigenvalue weighted by atomic mass is 35.5. The van der Waals surface area contributed by atoms with Crippen molar-refractivity contribution in [3.8, 4) is 5.75 Å². The Hall–Kier alpha value is -0.400. The quantitative estimate of drug-likeness (QED) is 0.692. The highest BCUT2D eigenvalue weighted by molar-refractivity contribution is 6.34. The minimum atomic E-state index is 0.563. The summed E-state index contributed by atoms with van der Waals surface area (Å²) in [5, 5.41) is 1.18. The lowest BCUT2D eigenvalue weighted by molar-refractivity contribution is 0.417. The third kappa shape index (κ3) is 2.28. The van der Waals surface area contributed by atoms with E-state index in [0.29, 0.717) is 15.8 Å². The fraction of sp³-hybridized carbons (Fsp3) is 0.125. The fourth-order valence-electron chi connectivity index (χ4n) is 0.694. The predicted octanol–water partition coefficient (Wildman–Crippen LogP) is 3.55. The molecule has 11 heavy (non-hydrogen) atoms. The van der Waals surface area contributed by atoms with E-state index < -0.39 is 0 Å². The Kier molecular flexibility index (Phi) is 3.03.